The van der Waals surface area contributed by atoms with E-state index in [0.717, 1.165) is 0 Å². The standard InChI is InChI=1S/C12H6Br2O4/c13-9-4-6(12(17)18)2-8-7(9)1-5(11(15)16)3-10(8)14/h1-4H,(H,15,16)(H,17,18). The molecule has 0 aliphatic heterocycles. The molecule has 0 aliphatic carbocycles. The fraction of sp³-hybridized carbons (Fsp3) is 0. The summed E-state index contributed by atoms with van der Waals surface area (Å²) in [5.74, 6) is -2.07. The Balaban J connectivity index is 2.83. The minimum atomic E-state index is -1.04. The first-order valence-corrected chi connectivity index (χ1v) is 6.38. The summed E-state index contributed by atoms with van der Waals surface area (Å²) in [6, 6.07) is 5.89. The molecule has 2 rings (SSSR count). The van der Waals surface area contributed by atoms with E-state index in [-0.39, 0.29) is 11.1 Å². The molecule has 92 valence electrons. The topological polar surface area (TPSA) is 74.6 Å². The number of fused-ring (bicyclic) bond motifs is 1. The van der Waals surface area contributed by atoms with E-state index in [1.807, 2.05) is 0 Å². The van der Waals surface area contributed by atoms with Crippen molar-refractivity contribution in [1.29, 1.82) is 0 Å². The largest absolute Gasteiger partial charge is 0.478 e. The van der Waals surface area contributed by atoms with Crippen molar-refractivity contribution < 1.29 is 19.8 Å². The first-order valence-electron chi connectivity index (χ1n) is 4.79. The SMILES string of the molecule is O=C(O)c1cc(Br)c2cc(C(=O)O)cc(Br)c2c1. The van der Waals surface area contributed by atoms with Crippen molar-refractivity contribution in [3.8, 4) is 0 Å². The fourth-order valence-electron chi connectivity index (χ4n) is 1.62. The molecule has 0 radical (unpaired) electrons. The van der Waals surface area contributed by atoms with Crippen LogP contribution in [0.1, 0.15) is 20.7 Å². The van der Waals surface area contributed by atoms with Gasteiger partial charge in [0.2, 0.25) is 0 Å². The predicted octanol–water partition coefficient (Wildman–Crippen LogP) is 3.76. The molecule has 0 amide bonds. The summed E-state index contributed by atoms with van der Waals surface area (Å²) >= 11 is 6.51. The van der Waals surface area contributed by atoms with Gasteiger partial charge in [0.1, 0.15) is 0 Å². The summed E-state index contributed by atoms with van der Waals surface area (Å²) in [7, 11) is 0. The fourth-order valence-corrected chi connectivity index (χ4v) is 2.77. The molecule has 0 spiro atoms. The summed E-state index contributed by atoms with van der Waals surface area (Å²) in [5, 5.41) is 19.2. The molecule has 0 aromatic heterocycles. The molecule has 4 nitrogen and oxygen atoms in total. The Hall–Kier alpha value is -1.40. The van der Waals surface area contributed by atoms with Gasteiger partial charge in [-0.2, -0.15) is 0 Å². The van der Waals surface area contributed by atoms with E-state index in [2.05, 4.69) is 31.9 Å². The number of rotatable bonds is 2. The molecular formula is C12H6Br2O4. The molecule has 6 heteroatoms. The molecule has 0 fully saturated rings. The van der Waals surface area contributed by atoms with Gasteiger partial charge in [-0.25, -0.2) is 9.59 Å². The summed E-state index contributed by atoms with van der Waals surface area (Å²) in [6.07, 6.45) is 0. The van der Waals surface area contributed by atoms with E-state index in [1.165, 1.54) is 24.3 Å². The Morgan fingerprint density at radius 1 is 0.778 bits per heavy atom. The highest BCUT2D eigenvalue weighted by molar-refractivity contribution is 9.11. The van der Waals surface area contributed by atoms with Crippen LogP contribution >= 0.6 is 31.9 Å². The first kappa shape index (κ1) is 13.0. The number of carboxylic acids is 2. The van der Waals surface area contributed by atoms with E-state index in [9.17, 15) is 9.59 Å². The molecule has 2 aromatic carbocycles. The minimum absolute atomic E-state index is 0.137. The molecule has 0 atom stereocenters. The van der Waals surface area contributed by atoms with Crippen LogP contribution < -0.4 is 0 Å². The molecule has 0 aliphatic rings. The second-order valence-electron chi connectivity index (χ2n) is 3.62. The highest BCUT2D eigenvalue weighted by Gasteiger charge is 2.13. The Labute approximate surface area is 118 Å². The zero-order valence-electron chi connectivity index (χ0n) is 8.78. The van der Waals surface area contributed by atoms with Gasteiger partial charge in [-0.15, -0.1) is 0 Å². The summed E-state index contributed by atoms with van der Waals surface area (Å²) in [6.45, 7) is 0. The smallest absolute Gasteiger partial charge is 0.335 e. The number of hydrogen-bond donors (Lipinski definition) is 2. The Bertz CT molecular complexity index is 620. The van der Waals surface area contributed by atoms with Gasteiger partial charge in [-0.3, -0.25) is 0 Å². The second-order valence-corrected chi connectivity index (χ2v) is 5.33. The van der Waals surface area contributed by atoms with E-state index in [0.29, 0.717) is 19.7 Å². The summed E-state index contributed by atoms with van der Waals surface area (Å²) < 4.78 is 1.09. The number of halogens is 2. The zero-order chi connectivity index (χ0) is 13.4. The van der Waals surface area contributed by atoms with Gasteiger partial charge in [-0.1, -0.05) is 31.9 Å². The second kappa shape index (κ2) is 4.70. The van der Waals surface area contributed by atoms with Gasteiger partial charge in [-0.05, 0) is 35.0 Å². The normalized spacial score (nSPS) is 10.6. The van der Waals surface area contributed by atoms with Crippen molar-refractivity contribution >= 4 is 54.6 Å². The molecule has 18 heavy (non-hydrogen) atoms. The van der Waals surface area contributed by atoms with Gasteiger partial charge in [0, 0.05) is 8.95 Å². The van der Waals surface area contributed by atoms with Crippen molar-refractivity contribution in [1.82, 2.24) is 0 Å². The van der Waals surface area contributed by atoms with E-state index in [1.54, 1.807) is 0 Å². The molecule has 0 unspecified atom stereocenters. The van der Waals surface area contributed by atoms with Gasteiger partial charge in [0.15, 0.2) is 0 Å². The lowest BCUT2D eigenvalue weighted by molar-refractivity contribution is 0.0685. The quantitative estimate of drug-likeness (QED) is 0.840. The van der Waals surface area contributed by atoms with E-state index >= 15 is 0 Å². The third kappa shape index (κ3) is 2.26. The maximum atomic E-state index is 11.0. The predicted molar refractivity (Wildman–Crippen MR) is 73.3 cm³/mol. The maximum Gasteiger partial charge on any atom is 0.335 e. The van der Waals surface area contributed by atoms with Crippen molar-refractivity contribution in [3.63, 3.8) is 0 Å². The average molecular weight is 374 g/mol. The van der Waals surface area contributed by atoms with Gasteiger partial charge >= 0.3 is 11.9 Å². The molecule has 0 saturated heterocycles. The summed E-state index contributed by atoms with van der Waals surface area (Å²) in [5.41, 5.74) is 0.274. The van der Waals surface area contributed by atoms with Crippen molar-refractivity contribution in [2.45, 2.75) is 0 Å². The number of aromatic carboxylic acids is 2. The van der Waals surface area contributed by atoms with Crippen LogP contribution in [0.2, 0.25) is 0 Å². The average Bonchev–Trinajstić information content (AvgIpc) is 2.29. The monoisotopic (exact) mass is 372 g/mol. The van der Waals surface area contributed by atoms with Crippen LogP contribution in [-0.4, -0.2) is 22.2 Å². The summed E-state index contributed by atoms with van der Waals surface area (Å²) in [4.78, 5) is 21.9. The zero-order valence-corrected chi connectivity index (χ0v) is 11.9. The lowest BCUT2D eigenvalue weighted by Crippen LogP contribution is -1.99. The van der Waals surface area contributed by atoms with Crippen LogP contribution in [0.15, 0.2) is 33.2 Å². The van der Waals surface area contributed by atoms with E-state index in [4.69, 9.17) is 10.2 Å². The van der Waals surface area contributed by atoms with Crippen molar-refractivity contribution in [2.24, 2.45) is 0 Å². The van der Waals surface area contributed by atoms with Crippen LogP contribution in [0, 0.1) is 0 Å². The maximum absolute atomic E-state index is 11.0. The Kier molecular flexibility index (Phi) is 3.41. The molecule has 0 saturated carbocycles. The van der Waals surface area contributed by atoms with Crippen molar-refractivity contribution in [3.05, 3.63) is 44.3 Å². The van der Waals surface area contributed by atoms with Crippen LogP contribution in [-0.2, 0) is 0 Å². The molecule has 0 bridgehead atoms. The number of carbonyl (C=O) groups is 2. The number of benzene rings is 2. The highest BCUT2D eigenvalue weighted by atomic mass is 79.9. The van der Waals surface area contributed by atoms with Crippen LogP contribution in [0.25, 0.3) is 10.8 Å². The minimum Gasteiger partial charge on any atom is -0.478 e. The van der Waals surface area contributed by atoms with E-state index < -0.39 is 11.9 Å². The van der Waals surface area contributed by atoms with Crippen molar-refractivity contribution in [2.75, 3.05) is 0 Å². The van der Waals surface area contributed by atoms with Crippen LogP contribution in [0.4, 0.5) is 0 Å². The van der Waals surface area contributed by atoms with Gasteiger partial charge < -0.3 is 10.2 Å². The Morgan fingerprint density at radius 2 is 1.11 bits per heavy atom. The van der Waals surface area contributed by atoms with Gasteiger partial charge in [0.05, 0.1) is 11.1 Å². The molecule has 2 N–H and O–H groups in total. The highest BCUT2D eigenvalue weighted by Crippen LogP contribution is 2.32. The molecular weight excluding hydrogens is 368 g/mol. The third-order valence-electron chi connectivity index (χ3n) is 2.46. The molecule has 0 heterocycles. The number of carboxylic acid groups (broad SMARTS) is 2. The van der Waals surface area contributed by atoms with Gasteiger partial charge in [0.25, 0.3) is 0 Å². The van der Waals surface area contributed by atoms with Crippen LogP contribution in [0.5, 0.6) is 0 Å². The Morgan fingerprint density at radius 3 is 1.39 bits per heavy atom. The third-order valence-corrected chi connectivity index (χ3v) is 3.77. The lowest BCUT2D eigenvalue weighted by atomic mass is 10.0. The van der Waals surface area contributed by atoms with Crippen LogP contribution in [0.3, 0.4) is 0 Å². The molecule has 2 aromatic rings. The lowest BCUT2D eigenvalue weighted by Gasteiger charge is -2.07. The first-order chi connectivity index (χ1) is 8.40. The number of hydrogen-bond acceptors (Lipinski definition) is 2.